The number of rotatable bonds is 2. The number of carboxylic acids is 2. The minimum Gasteiger partial charge on any atom is -0.481 e. The molecule has 2 aliphatic rings. The van der Waals surface area contributed by atoms with Crippen molar-refractivity contribution in [3.63, 3.8) is 0 Å². The van der Waals surface area contributed by atoms with Crippen molar-refractivity contribution in [2.75, 3.05) is 13.1 Å². The molecule has 2 bridgehead atoms. The van der Waals surface area contributed by atoms with E-state index in [-0.39, 0.29) is 18.8 Å². The zero-order chi connectivity index (χ0) is 10.4. The maximum atomic E-state index is 11.1. The number of halogens is 1. The number of fused-ring (bicyclic) bond motifs is 2. The largest absolute Gasteiger partial charge is 0.481 e. The summed E-state index contributed by atoms with van der Waals surface area (Å²) in [5, 5.41) is 21.1. The highest BCUT2D eigenvalue weighted by atomic mass is 35.5. The third-order valence-electron chi connectivity index (χ3n) is 3.59. The maximum Gasteiger partial charge on any atom is 0.310 e. The van der Waals surface area contributed by atoms with Crippen molar-refractivity contribution in [3.05, 3.63) is 0 Å². The Morgan fingerprint density at radius 2 is 1.40 bits per heavy atom. The summed E-state index contributed by atoms with van der Waals surface area (Å²) < 4.78 is 0. The molecule has 15 heavy (non-hydrogen) atoms. The smallest absolute Gasteiger partial charge is 0.310 e. The van der Waals surface area contributed by atoms with E-state index in [0.29, 0.717) is 25.9 Å². The van der Waals surface area contributed by atoms with Gasteiger partial charge < -0.3 is 15.5 Å². The van der Waals surface area contributed by atoms with Gasteiger partial charge in [0.1, 0.15) is 0 Å². The van der Waals surface area contributed by atoms with E-state index in [1.54, 1.807) is 0 Å². The molecular formula is C9H14ClNO4. The van der Waals surface area contributed by atoms with Gasteiger partial charge in [0.25, 0.3) is 0 Å². The summed E-state index contributed by atoms with van der Waals surface area (Å²) in [5.41, 5.74) is -1.67. The van der Waals surface area contributed by atoms with Crippen molar-refractivity contribution in [2.24, 2.45) is 10.8 Å². The van der Waals surface area contributed by atoms with Gasteiger partial charge in [-0.1, -0.05) is 0 Å². The highest BCUT2D eigenvalue weighted by Gasteiger charge is 2.58. The second-order valence-corrected chi connectivity index (χ2v) is 4.45. The van der Waals surface area contributed by atoms with E-state index in [4.69, 9.17) is 10.2 Å². The molecule has 2 fully saturated rings. The van der Waals surface area contributed by atoms with Crippen molar-refractivity contribution in [3.8, 4) is 0 Å². The molecule has 1 saturated heterocycles. The summed E-state index contributed by atoms with van der Waals surface area (Å²) in [5.74, 6) is -1.74. The number of hydrogen-bond donors (Lipinski definition) is 3. The van der Waals surface area contributed by atoms with Gasteiger partial charge in [0, 0.05) is 13.1 Å². The Balaban J connectivity index is 0.00000112. The van der Waals surface area contributed by atoms with E-state index < -0.39 is 22.8 Å². The van der Waals surface area contributed by atoms with Gasteiger partial charge >= 0.3 is 11.9 Å². The van der Waals surface area contributed by atoms with E-state index in [2.05, 4.69) is 5.32 Å². The zero-order valence-electron chi connectivity index (χ0n) is 8.15. The van der Waals surface area contributed by atoms with Gasteiger partial charge in [0.2, 0.25) is 0 Å². The van der Waals surface area contributed by atoms with Crippen LogP contribution in [0.4, 0.5) is 0 Å². The van der Waals surface area contributed by atoms with Crippen LogP contribution < -0.4 is 5.32 Å². The molecule has 5 nitrogen and oxygen atoms in total. The molecule has 1 heterocycles. The molecule has 0 aromatic carbocycles. The Kier molecular flexibility index (Phi) is 2.98. The highest BCUT2D eigenvalue weighted by molar-refractivity contribution is 5.85. The van der Waals surface area contributed by atoms with Gasteiger partial charge in [-0.2, -0.15) is 0 Å². The molecule has 6 heteroatoms. The van der Waals surface area contributed by atoms with Gasteiger partial charge in [-0.05, 0) is 19.3 Å². The van der Waals surface area contributed by atoms with Crippen molar-refractivity contribution in [1.82, 2.24) is 5.32 Å². The summed E-state index contributed by atoms with van der Waals surface area (Å²) in [6, 6.07) is 0. The van der Waals surface area contributed by atoms with Gasteiger partial charge in [-0.25, -0.2) is 0 Å². The van der Waals surface area contributed by atoms with Crippen LogP contribution in [0.1, 0.15) is 19.3 Å². The quantitative estimate of drug-likeness (QED) is 0.643. The van der Waals surface area contributed by atoms with Crippen LogP contribution in [0.2, 0.25) is 0 Å². The normalized spacial score (nSPS) is 38.1. The summed E-state index contributed by atoms with van der Waals surface area (Å²) in [6.45, 7) is 0.800. The number of carboxylic acid groups (broad SMARTS) is 2. The zero-order valence-corrected chi connectivity index (χ0v) is 8.97. The average Bonchev–Trinajstić information content (AvgIpc) is 2.41. The highest BCUT2D eigenvalue weighted by Crippen LogP contribution is 2.51. The van der Waals surface area contributed by atoms with Crippen LogP contribution >= 0.6 is 12.4 Å². The van der Waals surface area contributed by atoms with Crippen molar-refractivity contribution >= 4 is 24.3 Å². The van der Waals surface area contributed by atoms with Crippen LogP contribution in [0.5, 0.6) is 0 Å². The molecule has 86 valence electrons. The molecule has 2 rings (SSSR count). The molecule has 2 unspecified atom stereocenters. The Morgan fingerprint density at radius 3 is 1.73 bits per heavy atom. The first-order valence-electron chi connectivity index (χ1n) is 4.68. The number of aliphatic carboxylic acids is 2. The van der Waals surface area contributed by atoms with Crippen LogP contribution in [0.3, 0.4) is 0 Å². The fourth-order valence-electron chi connectivity index (χ4n) is 2.66. The molecule has 1 aliphatic heterocycles. The molecule has 1 saturated carbocycles. The Morgan fingerprint density at radius 1 is 1.00 bits per heavy atom. The number of hydrogen-bond acceptors (Lipinski definition) is 3. The van der Waals surface area contributed by atoms with Crippen LogP contribution in [0, 0.1) is 10.8 Å². The summed E-state index contributed by atoms with van der Waals surface area (Å²) in [7, 11) is 0. The van der Waals surface area contributed by atoms with Gasteiger partial charge in [-0.3, -0.25) is 9.59 Å². The molecule has 3 N–H and O–H groups in total. The predicted octanol–water partition coefficient (Wildman–Crippen LogP) is 0.337. The van der Waals surface area contributed by atoms with E-state index in [0.717, 1.165) is 0 Å². The lowest BCUT2D eigenvalue weighted by atomic mass is 9.76. The van der Waals surface area contributed by atoms with E-state index in [9.17, 15) is 9.59 Å². The SMILES string of the molecule is Cl.O=C(O)C12CCC(C(=O)O)(CNC1)C2. The third kappa shape index (κ3) is 1.59. The van der Waals surface area contributed by atoms with Crippen molar-refractivity contribution in [1.29, 1.82) is 0 Å². The molecule has 0 aromatic rings. The number of piperidine rings is 1. The van der Waals surface area contributed by atoms with Crippen molar-refractivity contribution in [2.45, 2.75) is 19.3 Å². The maximum absolute atomic E-state index is 11.1. The summed E-state index contributed by atoms with van der Waals surface area (Å²) in [4.78, 5) is 22.1. The molecule has 0 aromatic heterocycles. The predicted molar refractivity (Wildman–Crippen MR) is 54.1 cm³/mol. The first-order valence-corrected chi connectivity index (χ1v) is 4.68. The first kappa shape index (κ1) is 12.3. The lowest BCUT2D eigenvalue weighted by Crippen LogP contribution is -2.51. The number of carbonyl (C=O) groups is 2. The lowest BCUT2D eigenvalue weighted by molar-refractivity contribution is -0.154. The molecule has 0 amide bonds. The minimum atomic E-state index is -0.868. The van der Waals surface area contributed by atoms with Crippen LogP contribution in [0.15, 0.2) is 0 Å². The molecule has 0 spiro atoms. The van der Waals surface area contributed by atoms with Gasteiger partial charge in [0.15, 0.2) is 0 Å². The second kappa shape index (κ2) is 3.64. The molecular weight excluding hydrogens is 222 g/mol. The van der Waals surface area contributed by atoms with Crippen LogP contribution in [-0.4, -0.2) is 35.2 Å². The van der Waals surface area contributed by atoms with Crippen LogP contribution in [0.25, 0.3) is 0 Å². The third-order valence-corrected chi connectivity index (χ3v) is 3.59. The summed E-state index contributed by atoms with van der Waals surface area (Å²) in [6.07, 6.45) is 1.22. The van der Waals surface area contributed by atoms with E-state index in [1.807, 2.05) is 0 Å². The van der Waals surface area contributed by atoms with Crippen LogP contribution in [-0.2, 0) is 9.59 Å². The fraction of sp³-hybridized carbons (Fsp3) is 0.778. The van der Waals surface area contributed by atoms with Gasteiger partial charge in [0.05, 0.1) is 10.8 Å². The molecule has 0 radical (unpaired) electrons. The lowest BCUT2D eigenvalue weighted by Gasteiger charge is -2.34. The summed E-state index contributed by atoms with van der Waals surface area (Å²) >= 11 is 0. The van der Waals surface area contributed by atoms with Crippen molar-refractivity contribution < 1.29 is 19.8 Å². The second-order valence-electron chi connectivity index (χ2n) is 4.45. The first-order chi connectivity index (χ1) is 6.51. The fourth-order valence-corrected chi connectivity index (χ4v) is 2.66. The molecule has 2 atom stereocenters. The standard InChI is InChI=1S/C9H13NO4.ClH/c11-6(12)8-1-2-9(3-8,7(13)14)5-10-4-8;/h10H,1-5H2,(H,11,12)(H,13,14);1H. The Bertz CT molecular complexity index is 280. The Labute approximate surface area is 93.3 Å². The van der Waals surface area contributed by atoms with Gasteiger partial charge in [-0.15, -0.1) is 12.4 Å². The van der Waals surface area contributed by atoms with E-state index >= 15 is 0 Å². The minimum absolute atomic E-state index is 0. The average molecular weight is 236 g/mol. The topological polar surface area (TPSA) is 86.6 Å². The van der Waals surface area contributed by atoms with E-state index in [1.165, 1.54) is 0 Å². The Hall–Kier alpha value is -0.810. The molecule has 1 aliphatic carbocycles. The monoisotopic (exact) mass is 235 g/mol. The number of nitrogens with one attached hydrogen (secondary N) is 1.